The summed E-state index contributed by atoms with van der Waals surface area (Å²) in [6.45, 7) is 3.57. The third kappa shape index (κ3) is 4.46. The molecule has 2 heterocycles. The Morgan fingerprint density at radius 1 is 1.14 bits per heavy atom. The van der Waals surface area contributed by atoms with Crippen molar-refractivity contribution in [3.8, 4) is 11.1 Å². The second kappa shape index (κ2) is 9.94. The van der Waals surface area contributed by atoms with E-state index in [1.165, 1.54) is 7.11 Å². The number of rotatable bonds is 5. The fourth-order valence-electron chi connectivity index (χ4n) is 5.63. The summed E-state index contributed by atoms with van der Waals surface area (Å²) in [6.07, 6.45) is 0.624. The van der Waals surface area contributed by atoms with E-state index in [2.05, 4.69) is 21.4 Å². The Morgan fingerprint density at radius 3 is 2.70 bits per heavy atom. The molecule has 1 unspecified atom stereocenters. The van der Waals surface area contributed by atoms with Crippen molar-refractivity contribution in [2.45, 2.75) is 31.3 Å². The zero-order valence-electron chi connectivity index (χ0n) is 20.7. The van der Waals surface area contributed by atoms with Gasteiger partial charge in [-0.1, -0.05) is 42.5 Å². The van der Waals surface area contributed by atoms with E-state index in [-0.39, 0.29) is 11.5 Å². The van der Waals surface area contributed by atoms with Gasteiger partial charge >= 0.3 is 12.1 Å². The molecule has 8 heteroatoms. The quantitative estimate of drug-likeness (QED) is 0.478. The van der Waals surface area contributed by atoms with Crippen LogP contribution in [0.4, 0.5) is 13.6 Å². The van der Waals surface area contributed by atoms with E-state index >= 15 is 0 Å². The largest absolute Gasteiger partial charge is 0.453 e. The Kier molecular flexibility index (Phi) is 6.69. The lowest BCUT2D eigenvalue weighted by atomic mass is 9.72. The number of ether oxygens (including phenoxy) is 2. The van der Waals surface area contributed by atoms with Crippen molar-refractivity contribution in [2.24, 2.45) is 0 Å². The zero-order valence-corrected chi connectivity index (χ0v) is 20.7. The molecule has 1 spiro atoms. The monoisotopic (exact) mass is 506 g/mol. The molecule has 0 saturated carbocycles. The number of halogens is 2. The van der Waals surface area contributed by atoms with Crippen molar-refractivity contribution < 1.29 is 27.8 Å². The van der Waals surface area contributed by atoms with E-state index in [0.29, 0.717) is 38.0 Å². The molecule has 0 radical (unpaired) electrons. The molecule has 1 saturated heterocycles. The van der Waals surface area contributed by atoms with Crippen LogP contribution in [0.2, 0.25) is 0 Å². The van der Waals surface area contributed by atoms with Crippen molar-refractivity contribution in [3.05, 3.63) is 94.0 Å². The summed E-state index contributed by atoms with van der Waals surface area (Å²) in [5.41, 5.74) is 4.57. The molecule has 1 fully saturated rings. The smallest absolute Gasteiger partial charge is 0.406 e. The highest BCUT2D eigenvalue weighted by Crippen LogP contribution is 2.51. The first kappa shape index (κ1) is 24.9. The van der Waals surface area contributed by atoms with Crippen LogP contribution in [-0.2, 0) is 21.5 Å². The number of esters is 1. The first-order valence-corrected chi connectivity index (χ1v) is 12.3. The highest BCUT2D eigenvalue weighted by atomic mass is 19.2. The van der Waals surface area contributed by atoms with Gasteiger partial charge in [-0.05, 0) is 59.8 Å². The second-order valence-corrected chi connectivity index (χ2v) is 9.49. The van der Waals surface area contributed by atoms with Gasteiger partial charge in [0.25, 0.3) is 0 Å². The summed E-state index contributed by atoms with van der Waals surface area (Å²) in [5.74, 6) is -2.94. The molecule has 2 aliphatic heterocycles. The van der Waals surface area contributed by atoms with Gasteiger partial charge < -0.3 is 20.1 Å². The van der Waals surface area contributed by atoms with E-state index in [1.807, 2.05) is 43.3 Å². The average molecular weight is 507 g/mol. The number of hydrogen-bond acceptors (Lipinski definition) is 5. The molecule has 0 aliphatic carbocycles. The van der Waals surface area contributed by atoms with E-state index < -0.39 is 29.3 Å². The van der Waals surface area contributed by atoms with Gasteiger partial charge in [0.1, 0.15) is 5.60 Å². The molecule has 2 N–H and O–H groups in total. The van der Waals surface area contributed by atoms with E-state index in [9.17, 15) is 18.4 Å². The van der Waals surface area contributed by atoms with Crippen LogP contribution in [0.15, 0.2) is 54.6 Å². The summed E-state index contributed by atoms with van der Waals surface area (Å²) in [7, 11) is 1.33. The molecule has 2 atom stereocenters. The van der Waals surface area contributed by atoms with Crippen LogP contribution in [0, 0.1) is 18.6 Å². The molecule has 2 aliphatic rings. The lowest BCUT2D eigenvalue weighted by Gasteiger charge is -2.41. The van der Waals surface area contributed by atoms with Crippen molar-refractivity contribution in [1.82, 2.24) is 10.6 Å². The van der Waals surface area contributed by atoms with Gasteiger partial charge in [-0.25, -0.2) is 18.4 Å². The number of hydrogen-bond donors (Lipinski definition) is 2. The van der Waals surface area contributed by atoms with Crippen LogP contribution in [0.1, 0.15) is 45.0 Å². The maximum Gasteiger partial charge on any atom is 0.406 e. The second-order valence-electron chi connectivity index (χ2n) is 9.49. The Balaban J connectivity index is 1.49. The maximum atomic E-state index is 14.3. The molecule has 6 nitrogen and oxygen atoms in total. The summed E-state index contributed by atoms with van der Waals surface area (Å²) < 4.78 is 38.8. The number of fused-ring (bicyclic) bond motifs is 2. The van der Waals surface area contributed by atoms with Gasteiger partial charge in [0.05, 0.1) is 12.7 Å². The first-order chi connectivity index (χ1) is 17.8. The minimum absolute atomic E-state index is 0.0922. The van der Waals surface area contributed by atoms with Gasteiger partial charge in [0, 0.05) is 31.0 Å². The van der Waals surface area contributed by atoms with Crippen molar-refractivity contribution in [2.75, 3.05) is 26.7 Å². The highest BCUT2D eigenvalue weighted by Gasteiger charge is 2.53. The first-order valence-electron chi connectivity index (χ1n) is 12.3. The van der Waals surface area contributed by atoms with Crippen molar-refractivity contribution >= 4 is 12.1 Å². The van der Waals surface area contributed by atoms with E-state index in [0.717, 1.165) is 39.9 Å². The number of piperidine rings is 1. The molecule has 1 amide bonds. The third-order valence-corrected chi connectivity index (χ3v) is 7.42. The lowest BCUT2D eigenvalue weighted by Crippen LogP contribution is -2.47. The van der Waals surface area contributed by atoms with Crippen LogP contribution >= 0.6 is 0 Å². The third-order valence-electron chi connectivity index (χ3n) is 7.42. The van der Waals surface area contributed by atoms with Crippen LogP contribution in [0.5, 0.6) is 0 Å². The average Bonchev–Trinajstić information content (AvgIpc) is 3.15. The molecule has 0 aromatic heterocycles. The fourth-order valence-corrected chi connectivity index (χ4v) is 5.63. The molecule has 5 rings (SSSR count). The predicted molar refractivity (Wildman–Crippen MR) is 134 cm³/mol. The van der Waals surface area contributed by atoms with Crippen LogP contribution in [-0.4, -0.2) is 38.8 Å². The molecular formula is C29H28F2N2O4. The van der Waals surface area contributed by atoms with Crippen LogP contribution in [0.3, 0.4) is 0 Å². The predicted octanol–water partition coefficient (Wildman–Crippen LogP) is 4.98. The number of alkyl carbamates (subject to hydrolysis) is 1. The van der Waals surface area contributed by atoms with Gasteiger partial charge in [0.2, 0.25) is 0 Å². The lowest BCUT2D eigenvalue weighted by molar-refractivity contribution is -0.0374. The van der Waals surface area contributed by atoms with Gasteiger partial charge in [0.15, 0.2) is 11.6 Å². The zero-order chi connectivity index (χ0) is 26.2. The Morgan fingerprint density at radius 2 is 1.92 bits per heavy atom. The number of nitrogens with one attached hydrogen (secondary N) is 2. The fraction of sp³-hybridized carbons (Fsp3) is 0.310. The molecule has 37 heavy (non-hydrogen) atoms. The van der Waals surface area contributed by atoms with Crippen LogP contribution < -0.4 is 10.6 Å². The molecule has 3 aromatic rings. The Bertz CT molecular complexity index is 1380. The number of amides is 1. The SMILES string of the molecule is COC(=O)NCCc1ccccc1-c1ccc(C2CNCC[C@@]23OC(=O)c2cc(F)c(F)cc23)c(C)c1. The Labute approximate surface area is 214 Å². The standard InChI is InChI=1S/C29H28F2N2O4/c1-17-13-19(21-6-4-3-5-18(21)9-11-33-28(35)36-2)7-8-20(17)24-16-32-12-10-29(24)23-15-26(31)25(30)14-22(23)27(34)37-29/h3-8,13-15,24,32H,9-12,16H2,1-2H3,(H,33,35)/t24?,29-/m0/s1. The van der Waals surface area contributed by atoms with E-state index in [1.54, 1.807) is 0 Å². The minimum atomic E-state index is -1.06. The molecule has 192 valence electrons. The minimum Gasteiger partial charge on any atom is -0.453 e. The number of aryl methyl sites for hydroxylation is 1. The topological polar surface area (TPSA) is 76.7 Å². The van der Waals surface area contributed by atoms with Gasteiger partial charge in [-0.15, -0.1) is 0 Å². The molecule has 3 aromatic carbocycles. The Hall–Kier alpha value is -3.78. The molecule has 0 bridgehead atoms. The van der Waals surface area contributed by atoms with Crippen LogP contribution in [0.25, 0.3) is 11.1 Å². The summed E-state index contributed by atoms with van der Waals surface area (Å²) in [5, 5.41) is 6.08. The number of methoxy groups -OCH3 is 1. The maximum absolute atomic E-state index is 14.3. The van der Waals surface area contributed by atoms with Crippen molar-refractivity contribution in [3.63, 3.8) is 0 Å². The number of carbonyl (C=O) groups excluding carboxylic acids is 2. The highest BCUT2D eigenvalue weighted by molar-refractivity contribution is 5.95. The summed E-state index contributed by atoms with van der Waals surface area (Å²) >= 11 is 0. The number of benzene rings is 3. The molecular weight excluding hydrogens is 478 g/mol. The van der Waals surface area contributed by atoms with Gasteiger partial charge in [-0.3, -0.25) is 0 Å². The normalized spacial score (nSPS) is 20.4. The summed E-state index contributed by atoms with van der Waals surface area (Å²) in [6, 6.07) is 16.2. The van der Waals surface area contributed by atoms with Crippen molar-refractivity contribution in [1.29, 1.82) is 0 Å². The summed E-state index contributed by atoms with van der Waals surface area (Å²) in [4.78, 5) is 24.1. The van der Waals surface area contributed by atoms with E-state index in [4.69, 9.17) is 4.74 Å². The van der Waals surface area contributed by atoms with Gasteiger partial charge in [-0.2, -0.15) is 0 Å². The number of carbonyl (C=O) groups is 2.